The van der Waals surface area contributed by atoms with Crippen LogP contribution in [0.2, 0.25) is 0 Å². The molecule has 8 heteroatoms. The number of halogens is 3. The van der Waals surface area contributed by atoms with E-state index >= 15 is 0 Å². The van der Waals surface area contributed by atoms with Crippen LogP contribution in [0.5, 0.6) is 0 Å². The van der Waals surface area contributed by atoms with Crippen LogP contribution in [0, 0.1) is 12.8 Å². The number of benzene rings is 1. The Kier molecular flexibility index (Phi) is 3.83. The minimum absolute atomic E-state index is 0.0416. The number of rotatable bonds is 4. The van der Waals surface area contributed by atoms with Crippen LogP contribution in [0.1, 0.15) is 29.1 Å². The lowest BCUT2D eigenvalue weighted by atomic mass is 10.1. The molecule has 0 radical (unpaired) electrons. The van der Waals surface area contributed by atoms with Gasteiger partial charge in [-0.05, 0) is 37.1 Å². The van der Waals surface area contributed by atoms with Crippen LogP contribution in [0.25, 0.3) is 11.5 Å². The third kappa shape index (κ3) is 3.52. The number of alkyl halides is 3. The van der Waals surface area contributed by atoms with Gasteiger partial charge in [0.2, 0.25) is 11.8 Å². The van der Waals surface area contributed by atoms with Gasteiger partial charge in [-0.1, -0.05) is 0 Å². The molecule has 1 aliphatic carbocycles. The van der Waals surface area contributed by atoms with Gasteiger partial charge in [-0.25, -0.2) is 4.79 Å². The zero-order valence-electron chi connectivity index (χ0n) is 12.1. The van der Waals surface area contributed by atoms with Gasteiger partial charge in [0, 0.05) is 18.4 Å². The maximum atomic E-state index is 12.9. The molecule has 0 spiro atoms. The van der Waals surface area contributed by atoms with Gasteiger partial charge in [0.05, 0.1) is 5.56 Å². The summed E-state index contributed by atoms with van der Waals surface area (Å²) in [4.78, 5) is 11.9. The lowest BCUT2D eigenvalue weighted by Crippen LogP contribution is -2.35. The normalized spacial score (nSPS) is 16.2. The summed E-state index contributed by atoms with van der Waals surface area (Å²) in [5.74, 6) is -0.957. The highest BCUT2D eigenvalue weighted by atomic mass is 19.4. The van der Waals surface area contributed by atoms with Crippen molar-refractivity contribution in [2.24, 2.45) is 5.92 Å². The van der Waals surface area contributed by atoms with Gasteiger partial charge in [-0.15, -0.1) is 10.2 Å². The van der Waals surface area contributed by atoms with Gasteiger partial charge in [-0.2, -0.15) is 13.2 Å². The van der Waals surface area contributed by atoms with Crippen LogP contribution in [-0.4, -0.2) is 28.4 Å². The Balaban J connectivity index is 1.72. The summed E-state index contributed by atoms with van der Waals surface area (Å²) in [6.07, 6.45) is -5.73. The Labute approximate surface area is 129 Å². The van der Waals surface area contributed by atoms with E-state index in [0.29, 0.717) is 24.3 Å². The number of ether oxygens (including phenoxy) is 1. The molecular weight excluding hydrogens is 313 g/mol. The average molecular weight is 326 g/mol. The molecule has 1 unspecified atom stereocenters. The molecule has 2 aromatic rings. The fraction of sp³-hybridized carbons (Fsp3) is 0.400. The van der Waals surface area contributed by atoms with E-state index in [0.717, 1.165) is 0 Å². The molecule has 0 N–H and O–H groups in total. The summed E-state index contributed by atoms with van der Waals surface area (Å²) in [7, 11) is 0. The van der Waals surface area contributed by atoms with E-state index in [1.807, 2.05) is 0 Å². The third-order valence-electron chi connectivity index (χ3n) is 3.50. The van der Waals surface area contributed by atoms with Crippen LogP contribution in [0.15, 0.2) is 28.7 Å². The van der Waals surface area contributed by atoms with E-state index in [4.69, 9.17) is 4.42 Å². The second-order valence-corrected chi connectivity index (χ2v) is 5.41. The first-order chi connectivity index (χ1) is 10.8. The van der Waals surface area contributed by atoms with Gasteiger partial charge in [0.1, 0.15) is 0 Å². The largest absolute Gasteiger partial charge is 0.449 e. The predicted octanol–water partition coefficient (Wildman–Crippen LogP) is 3.54. The van der Waals surface area contributed by atoms with Gasteiger partial charge in [0.25, 0.3) is 0 Å². The number of aromatic nitrogens is 2. The Hall–Kier alpha value is -2.38. The molecule has 1 aliphatic rings. The standard InChI is InChI=1S/C15H13F3N2O3/c1-8-19-20-13(22-8)10-4-6-11(7-5-10)14(21)23-12(9-2-3-9)15(16,17)18/h4-7,9,12H,2-3H2,1H3. The van der Waals surface area contributed by atoms with Crippen molar-refractivity contribution in [1.29, 1.82) is 0 Å². The molecular formula is C15H13F3N2O3. The highest BCUT2D eigenvalue weighted by Crippen LogP contribution is 2.42. The fourth-order valence-electron chi connectivity index (χ4n) is 2.17. The molecule has 0 bridgehead atoms. The van der Waals surface area contributed by atoms with Crippen molar-refractivity contribution in [3.8, 4) is 11.5 Å². The minimum Gasteiger partial charge on any atom is -0.449 e. The van der Waals surface area contributed by atoms with Crippen LogP contribution >= 0.6 is 0 Å². The van der Waals surface area contributed by atoms with Crippen LogP contribution < -0.4 is 0 Å². The topological polar surface area (TPSA) is 65.2 Å². The quantitative estimate of drug-likeness (QED) is 0.804. The van der Waals surface area contributed by atoms with Crippen molar-refractivity contribution >= 4 is 5.97 Å². The van der Waals surface area contributed by atoms with Crippen molar-refractivity contribution in [3.05, 3.63) is 35.7 Å². The Morgan fingerprint density at radius 3 is 2.39 bits per heavy atom. The number of carbonyl (C=O) groups is 1. The summed E-state index contributed by atoms with van der Waals surface area (Å²) in [5, 5.41) is 7.50. The first-order valence-corrected chi connectivity index (χ1v) is 7.03. The molecule has 0 amide bonds. The van der Waals surface area contributed by atoms with E-state index in [1.54, 1.807) is 6.92 Å². The zero-order valence-corrected chi connectivity index (χ0v) is 12.1. The molecule has 1 saturated carbocycles. The number of hydrogen-bond acceptors (Lipinski definition) is 5. The van der Waals surface area contributed by atoms with E-state index in [9.17, 15) is 18.0 Å². The molecule has 3 rings (SSSR count). The van der Waals surface area contributed by atoms with Gasteiger partial charge in [0.15, 0.2) is 6.10 Å². The van der Waals surface area contributed by atoms with E-state index in [1.165, 1.54) is 24.3 Å². The van der Waals surface area contributed by atoms with Crippen LogP contribution in [0.4, 0.5) is 13.2 Å². The zero-order chi connectivity index (χ0) is 16.6. The van der Waals surface area contributed by atoms with E-state index in [2.05, 4.69) is 14.9 Å². The molecule has 5 nitrogen and oxygen atoms in total. The monoisotopic (exact) mass is 326 g/mol. The first-order valence-electron chi connectivity index (χ1n) is 7.03. The lowest BCUT2D eigenvalue weighted by Gasteiger charge is -2.20. The first kappa shape index (κ1) is 15.5. The third-order valence-corrected chi connectivity index (χ3v) is 3.50. The number of hydrogen-bond donors (Lipinski definition) is 0. The molecule has 1 atom stereocenters. The molecule has 1 aromatic heterocycles. The maximum absolute atomic E-state index is 12.9. The molecule has 0 aliphatic heterocycles. The highest BCUT2D eigenvalue weighted by Gasteiger charge is 2.51. The molecule has 1 fully saturated rings. The highest BCUT2D eigenvalue weighted by molar-refractivity contribution is 5.90. The van der Waals surface area contributed by atoms with Gasteiger partial charge in [-0.3, -0.25) is 0 Å². The van der Waals surface area contributed by atoms with Gasteiger partial charge < -0.3 is 9.15 Å². The molecule has 122 valence electrons. The Morgan fingerprint density at radius 1 is 1.26 bits per heavy atom. The van der Waals surface area contributed by atoms with Gasteiger partial charge >= 0.3 is 12.1 Å². The minimum atomic E-state index is -4.54. The predicted molar refractivity (Wildman–Crippen MR) is 72.5 cm³/mol. The number of aryl methyl sites for hydroxylation is 1. The van der Waals surface area contributed by atoms with Crippen molar-refractivity contribution < 1.29 is 27.1 Å². The SMILES string of the molecule is Cc1nnc(-c2ccc(C(=O)OC(C3CC3)C(F)(F)F)cc2)o1. The number of nitrogens with zero attached hydrogens (tertiary/aromatic N) is 2. The van der Waals surface area contributed by atoms with Crippen molar-refractivity contribution in [2.45, 2.75) is 32.0 Å². The smallest absolute Gasteiger partial charge is 0.425 e. The van der Waals surface area contributed by atoms with Crippen LogP contribution in [0.3, 0.4) is 0 Å². The maximum Gasteiger partial charge on any atom is 0.425 e. The number of carbonyl (C=O) groups excluding carboxylic acids is 1. The Morgan fingerprint density at radius 2 is 1.91 bits per heavy atom. The molecule has 1 aromatic carbocycles. The summed E-state index contributed by atoms with van der Waals surface area (Å²) in [5.41, 5.74) is 0.608. The summed E-state index contributed by atoms with van der Waals surface area (Å²) < 4.78 is 48.5. The van der Waals surface area contributed by atoms with Crippen molar-refractivity contribution in [1.82, 2.24) is 10.2 Å². The summed E-state index contributed by atoms with van der Waals surface area (Å²) in [6.45, 7) is 1.64. The summed E-state index contributed by atoms with van der Waals surface area (Å²) in [6, 6.07) is 5.78. The second kappa shape index (κ2) is 5.68. The van der Waals surface area contributed by atoms with E-state index < -0.39 is 24.2 Å². The van der Waals surface area contributed by atoms with Crippen LogP contribution in [-0.2, 0) is 4.74 Å². The fourth-order valence-corrected chi connectivity index (χ4v) is 2.17. The molecule has 1 heterocycles. The molecule has 0 saturated heterocycles. The number of esters is 1. The van der Waals surface area contributed by atoms with Crippen molar-refractivity contribution in [2.75, 3.05) is 0 Å². The molecule has 23 heavy (non-hydrogen) atoms. The van der Waals surface area contributed by atoms with Crippen molar-refractivity contribution in [3.63, 3.8) is 0 Å². The average Bonchev–Trinajstić information content (AvgIpc) is 3.24. The van der Waals surface area contributed by atoms with E-state index in [-0.39, 0.29) is 11.5 Å². The lowest BCUT2D eigenvalue weighted by molar-refractivity contribution is -0.210. The summed E-state index contributed by atoms with van der Waals surface area (Å²) >= 11 is 0. The second-order valence-electron chi connectivity index (χ2n) is 5.41. The Bertz CT molecular complexity index is 706.